The highest BCUT2D eigenvalue weighted by Crippen LogP contribution is 2.17. The quantitative estimate of drug-likeness (QED) is 0.577. The third-order valence-corrected chi connectivity index (χ3v) is 3.46. The van der Waals surface area contributed by atoms with Crippen LogP contribution in [0, 0.1) is 11.8 Å². The third-order valence-electron chi connectivity index (χ3n) is 3.46. The molecule has 0 spiro atoms. The molecule has 4 unspecified atom stereocenters. The van der Waals surface area contributed by atoms with E-state index in [1.165, 1.54) is 25.7 Å². The molecule has 2 heterocycles. The van der Waals surface area contributed by atoms with E-state index >= 15 is 0 Å². The van der Waals surface area contributed by atoms with Crippen molar-refractivity contribution in [3.8, 4) is 0 Å². The molecule has 0 radical (unpaired) electrons. The smallest absolute Gasteiger partial charge is 0.0547 e. The van der Waals surface area contributed by atoms with Crippen LogP contribution in [0.5, 0.6) is 0 Å². The molecule has 0 aliphatic carbocycles. The van der Waals surface area contributed by atoms with Gasteiger partial charge >= 0.3 is 0 Å². The number of hydrogen-bond acceptors (Lipinski definition) is 2. The van der Waals surface area contributed by atoms with Gasteiger partial charge in [0.05, 0.1) is 12.2 Å². The first kappa shape index (κ1) is 24.0. The lowest BCUT2D eigenvalue weighted by Crippen LogP contribution is -2.21. The maximum absolute atomic E-state index is 5.39. The summed E-state index contributed by atoms with van der Waals surface area (Å²) in [5, 5.41) is 0. The molecule has 19 heavy (non-hydrogen) atoms. The lowest BCUT2D eigenvalue weighted by molar-refractivity contribution is 0.000174. The van der Waals surface area contributed by atoms with Gasteiger partial charge in [0.1, 0.15) is 0 Å². The summed E-state index contributed by atoms with van der Waals surface area (Å²) in [6, 6.07) is 0. The van der Waals surface area contributed by atoms with Crippen molar-refractivity contribution in [3.63, 3.8) is 0 Å². The first-order valence-corrected chi connectivity index (χ1v) is 6.81. The maximum atomic E-state index is 5.39. The Kier molecular flexibility index (Phi) is 16.3. The van der Waals surface area contributed by atoms with Gasteiger partial charge in [-0.25, -0.2) is 0 Å². The van der Waals surface area contributed by atoms with Crippen LogP contribution >= 0.6 is 0 Å². The zero-order valence-corrected chi connectivity index (χ0v) is 11.4. The Labute approximate surface area is 123 Å². The van der Waals surface area contributed by atoms with Gasteiger partial charge in [0.25, 0.3) is 0 Å². The molecule has 0 amide bonds. The first-order valence-electron chi connectivity index (χ1n) is 6.81. The predicted molar refractivity (Wildman–Crippen MR) is 87.8 cm³/mol. The zero-order chi connectivity index (χ0) is 12.0. The minimum Gasteiger partial charge on any atom is -0.378 e. The number of hydrogen-bond donors (Lipinski definition) is 0. The summed E-state index contributed by atoms with van der Waals surface area (Å²) in [7, 11) is 0. The van der Waals surface area contributed by atoms with Gasteiger partial charge in [-0.1, -0.05) is 36.1 Å². The summed E-state index contributed by atoms with van der Waals surface area (Å²) < 4.78 is 10.8. The fraction of sp³-hybridized carbons (Fsp3) is 1.00. The van der Waals surface area contributed by atoms with Gasteiger partial charge in [0, 0.05) is 13.2 Å². The molecule has 0 saturated carbocycles. The highest BCUT2D eigenvalue weighted by Gasteiger charge is 2.14. The molecular formula is C17H40O2. The van der Waals surface area contributed by atoms with Crippen LogP contribution in [-0.2, 0) is 9.47 Å². The molecule has 2 aliphatic heterocycles. The van der Waals surface area contributed by atoms with Gasteiger partial charge < -0.3 is 9.47 Å². The summed E-state index contributed by atoms with van der Waals surface area (Å²) in [4.78, 5) is 0. The van der Waals surface area contributed by atoms with E-state index in [0.717, 1.165) is 25.0 Å². The second kappa shape index (κ2) is 12.9. The second-order valence-corrected chi connectivity index (χ2v) is 5.65. The normalized spacial score (nSPS) is 33.5. The van der Waals surface area contributed by atoms with Gasteiger partial charge in [-0.2, -0.15) is 0 Å². The van der Waals surface area contributed by atoms with Crippen molar-refractivity contribution in [2.45, 2.75) is 87.9 Å². The molecule has 120 valence electrons. The summed E-state index contributed by atoms with van der Waals surface area (Å²) in [5.41, 5.74) is 0. The molecule has 2 nitrogen and oxygen atoms in total. The molecule has 0 aromatic rings. The Bertz CT molecular complexity index is 126. The van der Waals surface area contributed by atoms with Crippen molar-refractivity contribution in [3.05, 3.63) is 0 Å². The Morgan fingerprint density at radius 3 is 1.05 bits per heavy atom. The van der Waals surface area contributed by atoms with E-state index in [4.69, 9.17) is 9.47 Å². The molecule has 2 aliphatic rings. The predicted octanol–water partition coefficient (Wildman–Crippen LogP) is 5.55. The van der Waals surface area contributed by atoms with Crippen LogP contribution in [0.25, 0.3) is 0 Å². The van der Waals surface area contributed by atoms with Crippen molar-refractivity contribution in [2.75, 3.05) is 13.2 Å². The van der Waals surface area contributed by atoms with Crippen LogP contribution in [0.2, 0.25) is 0 Å². The number of rotatable bonds is 0. The van der Waals surface area contributed by atoms with Gasteiger partial charge in [-0.05, 0) is 51.4 Å². The average Bonchev–Trinajstić information content (AvgIpc) is 2.28. The van der Waals surface area contributed by atoms with Crippen molar-refractivity contribution in [1.82, 2.24) is 0 Å². The largest absolute Gasteiger partial charge is 0.378 e. The molecular weight excluding hydrogens is 236 g/mol. The summed E-state index contributed by atoms with van der Waals surface area (Å²) in [5.74, 6) is 1.59. The molecule has 0 bridgehead atoms. The van der Waals surface area contributed by atoms with Crippen LogP contribution in [0.3, 0.4) is 0 Å². The minimum absolute atomic E-state index is 0. The van der Waals surface area contributed by atoms with Crippen LogP contribution in [-0.4, -0.2) is 25.4 Å². The second-order valence-electron chi connectivity index (χ2n) is 5.65. The van der Waals surface area contributed by atoms with Crippen molar-refractivity contribution in [1.29, 1.82) is 0 Å². The van der Waals surface area contributed by atoms with Crippen molar-refractivity contribution < 1.29 is 9.47 Å². The SMILES string of the molecule is C.C.C.CC1CCC(C)OC1.CC1CCC(C)OC1. The van der Waals surface area contributed by atoms with E-state index in [9.17, 15) is 0 Å². The Balaban J connectivity index is -0.000000233. The van der Waals surface area contributed by atoms with Crippen molar-refractivity contribution >= 4 is 0 Å². The van der Waals surface area contributed by atoms with Crippen LogP contribution in [0.15, 0.2) is 0 Å². The third kappa shape index (κ3) is 11.4. The summed E-state index contributed by atoms with van der Waals surface area (Å²) in [6.07, 6.45) is 6.24. The molecule has 2 rings (SSSR count). The van der Waals surface area contributed by atoms with Crippen LogP contribution in [0.1, 0.15) is 75.7 Å². The monoisotopic (exact) mass is 276 g/mol. The fourth-order valence-electron chi connectivity index (χ4n) is 2.03. The van der Waals surface area contributed by atoms with Gasteiger partial charge in [0.2, 0.25) is 0 Å². The summed E-state index contributed by atoms with van der Waals surface area (Å²) in [6.45, 7) is 10.7. The van der Waals surface area contributed by atoms with E-state index in [1.807, 2.05) is 0 Å². The van der Waals surface area contributed by atoms with Crippen LogP contribution in [0.4, 0.5) is 0 Å². The van der Waals surface area contributed by atoms with Crippen LogP contribution < -0.4 is 0 Å². The molecule has 2 fully saturated rings. The van der Waals surface area contributed by atoms with Gasteiger partial charge in [0.15, 0.2) is 0 Å². The van der Waals surface area contributed by atoms with Crippen molar-refractivity contribution in [2.24, 2.45) is 11.8 Å². The highest BCUT2D eigenvalue weighted by molar-refractivity contribution is 4.63. The lowest BCUT2D eigenvalue weighted by Gasteiger charge is -2.23. The molecule has 0 N–H and O–H groups in total. The topological polar surface area (TPSA) is 18.5 Å². The fourth-order valence-corrected chi connectivity index (χ4v) is 2.03. The maximum Gasteiger partial charge on any atom is 0.0547 e. The van der Waals surface area contributed by atoms with Gasteiger partial charge in [-0.3, -0.25) is 0 Å². The molecule has 0 aromatic carbocycles. The highest BCUT2D eigenvalue weighted by atomic mass is 16.5. The zero-order valence-electron chi connectivity index (χ0n) is 11.4. The van der Waals surface area contributed by atoms with E-state index in [2.05, 4.69) is 27.7 Å². The lowest BCUT2D eigenvalue weighted by atomic mass is 10.0. The van der Waals surface area contributed by atoms with Gasteiger partial charge in [-0.15, -0.1) is 0 Å². The van der Waals surface area contributed by atoms with E-state index < -0.39 is 0 Å². The summed E-state index contributed by atoms with van der Waals surface area (Å²) >= 11 is 0. The number of ether oxygens (including phenoxy) is 2. The minimum atomic E-state index is 0. The molecule has 0 aromatic heterocycles. The van der Waals surface area contributed by atoms with E-state index in [0.29, 0.717) is 12.2 Å². The van der Waals surface area contributed by atoms with E-state index in [1.54, 1.807) is 0 Å². The Morgan fingerprint density at radius 1 is 0.579 bits per heavy atom. The average molecular weight is 277 g/mol. The Hall–Kier alpha value is -0.0800. The Morgan fingerprint density at radius 2 is 0.895 bits per heavy atom. The standard InChI is InChI=1S/2C7H14O.3CH4/c2*1-6-3-4-7(2)8-5-6;;;/h2*6-7H,3-5H2,1-2H3;3*1H4. The molecule has 2 heteroatoms. The molecule has 2 saturated heterocycles. The molecule has 4 atom stereocenters. The van der Waals surface area contributed by atoms with E-state index in [-0.39, 0.29) is 22.3 Å². The first-order chi connectivity index (χ1) is 7.58.